The third-order valence-corrected chi connectivity index (χ3v) is 6.41. The zero-order chi connectivity index (χ0) is 28.6. The SMILES string of the molecule is CCOc1ccc([C@@H](C(=O)NCCC(C)C)N(C(=O)Cn2nnc3ccccc32)c2ccc(F)cc2)cc1OC. The Kier molecular flexibility index (Phi) is 9.31. The lowest BCUT2D eigenvalue weighted by atomic mass is 10.0. The number of anilines is 1. The Balaban J connectivity index is 1.80. The van der Waals surface area contributed by atoms with Crippen LogP contribution in [0.15, 0.2) is 66.7 Å². The number of carbonyl (C=O) groups excluding carboxylic acids is 2. The van der Waals surface area contributed by atoms with Crippen LogP contribution in [0.4, 0.5) is 10.1 Å². The summed E-state index contributed by atoms with van der Waals surface area (Å²) < 4.78 is 26.6. The van der Waals surface area contributed by atoms with Crippen molar-refractivity contribution in [2.24, 2.45) is 5.92 Å². The van der Waals surface area contributed by atoms with Crippen LogP contribution >= 0.6 is 0 Å². The molecule has 3 aromatic carbocycles. The molecule has 1 heterocycles. The number of methoxy groups -OCH3 is 1. The van der Waals surface area contributed by atoms with Gasteiger partial charge in [0.25, 0.3) is 0 Å². The lowest BCUT2D eigenvalue weighted by Crippen LogP contribution is -2.45. The molecule has 40 heavy (non-hydrogen) atoms. The number of hydrogen-bond acceptors (Lipinski definition) is 6. The van der Waals surface area contributed by atoms with Crippen LogP contribution in [0.1, 0.15) is 38.8 Å². The van der Waals surface area contributed by atoms with Crippen molar-refractivity contribution in [2.75, 3.05) is 25.2 Å². The second-order valence-electron chi connectivity index (χ2n) is 9.70. The van der Waals surface area contributed by atoms with E-state index in [1.165, 1.54) is 41.0 Å². The normalized spacial score (nSPS) is 11.8. The maximum absolute atomic E-state index is 14.1. The largest absolute Gasteiger partial charge is 0.493 e. The van der Waals surface area contributed by atoms with E-state index >= 15 is 0 Å². The zero-order valence-electron chi connectivity index (χ0n) is 23.1. The predicted octanol–water partition coefficient (Wildman–Crippen LogP) is 4.91. The molecule has 0 aliphatic carbocycles. The van der Waals surface area contributed by atoms with Crippen molar-refractivity contribution in [2.45, 2.75) is 39.8 Å². The standard InChI is InChI=1S/C30H34FN5O4/c1-5-40-26-15-10-21(18-27(26)39-4)29(30(38)32-17-16-20(2)3)36(23-13-11-22(31)12-14-23)28(37)19-35-25-9-7-6-8-24(25)33-34-35/h6-15,18,20,29H,5,16-17,19H2,1-4H3,(H,32,38)/t29-/m0/s1. The number of amides is 2. The first-order valence-corrected chi connectivity index (χ1v) is 13.3. The Bertz CT molecular complexity index is 1450. The quantitative estimate of drug-likeness (QED) is 0.271. The van der Waals surface area contributed by atoms with E-state index in [1.54, 1.807) is 24.3 Å². The van der Waals surface area contributed by atoms with E-state index in [0.29, 0.717) is 52.9 Å². The molecule has 2 amide bonds. The Morgan fingerprint density at radius 1 is 1.05 bits per heavy atom. The number of para-hydroxylation sites is 1. The molecule has 0 spiro atoms. The minimum Gasteiger partial charge on any atom is -0.493 e. The first kappa shape index (κ1) is 28.5. The van der Waals surface area contributed by atoms with Crippen LogP contribution in [0.3, 0.4) is 0 Å². The monoisotopic (exact) mass is 547 g/mol. The van der Waals surface area contributed by atoms with Gasteiger partial charge in [0.2, 0.25) is 11.8 Å². The van der Waals surface area contributed by atoms with Crippen LogP contribution in [-0.4, -0.2) is 47.1 Å². The molecule has 0 aliphatic heterocycles. The average Bonchev–Trinajstić information content (AvgIpc) is 3.35. The van der Waals surface area contributed by atoms with E-state index in [2.05, 4.69) is 29.5 Å². The van der Waals surface area contributed by atoms with Crippen LogP contribution < -0.4 is 19.7 Å². The van der Waals surface area contributed by atoms with Gasteiger partial charge in [-0.15, -0.1) is 5.10 Å². The van der Waals surface area contributed by atoms with Crippen LogP contribution in [0.25, 0.3) is 11.0 Å². The summed E-state index contributed by atoms with van der Waals surface area (Å²) in [5, 5.41) is 11.3. The van der Waals surface area contributed by atoms with Gasteiger partial charge in [0, 0.05) is 12.2 Å². The van der Waals surface area contributed by atoms with Gasteiger partial charge < -0.3 is 14.8 Å². The molecule has 1 atom stereocenters. The molecule has 1 N–H and O–H groups in total. The summed E-state index contributed by atoms with van der Waals surface area (Å²) in [4.78, 5) is 29.3. The van der Waals surface area contributed by atoms with E-state index < -0.39 is 17.8 Å². The molecule has 4 aromatic rings. The second kappa shape index (κ2) is 13.1. The van der Waals surface area contributed by atoms with Crippen molar-refractivity contribution in [1.29, 1.82) is 0 Å². The number of nitrogens with zero attached hydrogens (tertiary/aromatic N) is 4. The molecular weight excluding hydrogens is 513 g/mol. The van der Waals surface area contributed by atoms with Crippen LogP contribution in [-0.2, 0) is 16.1 Å². The molecule has 1 aromatic heterocycles. The highest BCUT2D eigenvalue weighted by Gasteiger charge is 2.34. The van der Waals surface area contributed by atoms with Gasteiger partial charge in [0.15, 0.2) is 11.5 Å². The number of halogens is 1. The number of fused-ring (bicyclic) bond motifs is 1. The lowest BCUT2D eigenvalue weighted by Gasteiger charge is -2.32. The Hall–Kier alpha value is -4.47. The molecule has 0 unspecified atom stereocenters. The van der Waals surface area contributed by atoms with Gasteiger partial charge in [-0.05, 0) is 73.4 Å². The second-order valence-corrected chi connectivity index (χ2v) is 9.70. The Morgan fingerprint density at radius 3 is 2.50 bits per heavy atom. The van der Waals surface area contributed by atoms with E-state index in [1.807, 2.05) is 25.1 Å². The summed E-state index contributed by atoms with van der Waals surface area (Å²) in [6.45, 7) is 6.67. The van der Waals surface area contributed by atoms with Crippen molar-refractivity contribution in [3.8, 4) is 11.5 Å². The number of carbonyl (C=O) groups is 2. The summed E-state index contributed by atoms with van der Waals surface area (Å²) >= 11 is 0. The van der Waals surface area contributed by atoms with Crippen molar-refractivity contribution >= 4 is 28.5 Å². The Labute approximate surface area is 232 Å². The van der Waals surface area contributed by atoms with Crippen molar-refractivity contribution in [3.05, 3.63) is 78.1 Å². The summed E-state index contributed by atoms with van der Waals surface area (Å²) in [7, 11) is 1.51. The molecule has 0 saturated heterocycles. The van der Waals surface area contributed by atoms with E-state index in [0.717, 1.165) is 6.42 Å². The minimum absolute atomic E-state index is 0.193. The maximum Gasteiger partial charge on any atom is 0.249 e. The number of benzene rings is 3. The molecule has 4 rings (SSSR count). The van der Waals surface area contributed by atoms with Gasteiger partial charge in [0.05, 0.1) is 19.2 Å². The molecule has 10 heteroatoms. The highest BCUT2D eigenvalue weighted by atomic mass is 19.1. The molecule has 0 fully saturated rings. The van der Waals surface area contributed by atoms with Gasteiger partial charge in [-0.25, -0.2) is 9.07 Å². The van der Waals surface area contributed by atoms with Gasteiger partial charge in [-0.1, -0.05) is 37.3 Å². The zero-order valence-corrected chi connectivity index (χ0v) is 23.1. The first-order valence-electron chi connectivity index (χ1n) is 13.3. The predicted molar refractivity (Wildman–Crippen MR) is 151 cm³/mol. The van der Waals surface area contributed by atoms with E-state index in [9.17, 15) is 14.0 Å². The van der Waals surface area contributed by atoms with Crippen LogP contribution in [0, 0.1) is 11.7 Å². The summed E-state index contributed by atoms with van der Waals surface area (Å²) in [5.74, 6) is 0.0421. The number of nitrogens with one attached hydrogen (secondary N) is 1. The lowest BCUT2D eigenvalue weighted by molar-refractivity contribution is -0.127. The fourth-order valence-electron chi connectivity index (χ4n) is 4.40. The maximum atomic E-state index is 14.1. The topological polar surface area (TPSA) is 98.6 Å². The molecule has 0 bridgehead atoms. The third kappa shape index (κ3) is 6.56. The van der Waals surface area contributed by atoms with E-state index in [-0.39, 0.29) is 12.5 Å². The number of rotatable bonds is 12. The molecule has 0 radical (unpaired) electrons. The van der Waals surface area contributed by atoms with Crippen molar-refractivity contribution in [1.82, 2.24) is 20.3 Å². The number of ether oxygens (including phenoxy) is 2. The van der Waals surface area contributed by atoms with Crippen LogP contribution in [0.5, 0.6) is 11.5 Å². The Morgan fingerprint density at radius 2 is 1.80 bits per heavy atom. The summed E-state index contributed by atoms with van der Waals surface area (Å²) in [6.07, 6.45) is 0.764. The summed E-state index contributed by atoms with van der Waals surface area (Å²) in [6, 6.07) is 16.8. The van der Waals surface area contributed by atoms with E-state index in [4.69, 9.17) is 9.47 Å². The summed E-state index contributed by atoms with van der Waals surface area (Å²) in [5.41, 5.74) is 2.18. The molecular formula is C30H34FN5O4. The van der Waals surface area contributed by atoms with Crippen molar-refractivity contribution in [3.63, 3.8) is 0 Å². The van der Waals surface area contributed by atoms with Gasteiger partial charge >= 0.3 is 0 Å². The fraction of sp³-hybridized carbons (Fsp3) is 0.333. The smallest absolute Gasteiger partial charge is 0.249 e. The van der Waals surface area contributed by atoms with Crippen molar-refractivity contribution < 1.29 is 23.5 Å². The molecule has 0 saturated carbocycles. The number of hydrogen-bond donors (Lipinski definition) is 1. The highest BCUT2D eigenvalue weighted by Crippen LogP contribution is 2.35. The molecule has 0 aliphatic rings. The average molecular weight is 548 g/mol. The third-order valence-electron chi connectivity index (χ3n) is 6.41. The molecule has 210 valence electrons. The van der Waals surface area contributed by atoms with Gasteiger partial charge in [0.1, 0.15) is 23.9 Å². The fourth-order valence-corrected chi connectivity index (χ4v) is 4.40. The first-order chi connectivity index (χ1) is 19.3. The highest BCUT2D eigenvalue weighted by molar-refractivity contribution is 6.01. The van der Waals surface area contributed by atoms with Gasteiger partial charge in [-0.2, -0.15) is 0 Å². The van der Waals surface area contributed by atoms with Crippen LogP contribution in [0.2, 0.25) is 0 Å². The van der Waals surface area contributed by atoms with Gasteiger partial charge in [-0.3, -0.25) is 14.5 Å². The minimum atomic E-state index is -1.09. The number of aromatic nitrogens is 3. The molecule has 9 nitrogen and oxygen atoms in total.